The van der Waals surface area contributed by atoms with Gasteiger partial charge in [-0.05, 0) is 25.0 Å². The quantitative estimate of drug-likeness (QED) is 0.872. The zero-order valence-electron chi connectivity index (χ0n) is 10.5. The zero-order valence-corrected chi connectivity index (χ0v) is 12.2. The smallest absolute Gasteiger partial charge is 0.192 e. The Morgan fingerprint density at radius 2 is 2.11 bits per heavy atom. The summed E-state index contributed by atoms with van der Waals surface area (Å²) in [5.74, 6) is 0.358. The molecule has 0 saturated carbocycles. The highest BCUT2D eigenvalue weighted by atomic mass is 32.2. The van der Waals surface area contributed by atoms with Crippen LogP contribution in [-0.4, -0.2) is 45.6 Å². The van der Waals surface area contributed by atoms with Crippen LogP contribution >= 0.6 is 0 Å². The first kappa shape index (κ1) is 14.3. The molecule has 1 aliphatic heterocycles. The maximum Gasteiger partial charge on any atom is 0.192 e. The number of rotatable bonds is 3. The lowest BCUT2D eigenvalue weighted by Gasteiger charge is -2.23. The van der Waals surface area contributed by atoms with Crippen molar-refractivity contribution in [1.82, 2.24) is 4.98 Å². The second-order valence-corrected chi connectivity index (χ2v) is 8.95. The fourth-order valence-corrected chi connectivity index (χ4v) is 4.25. The van der Waals surface area contributed by atoms with Crippen LogP contribution in [0.4, 0.5) is 5.69 Å². The number of anilines is 1. The summed E-state index contributed by atoms with van der Waals surface area (Å²) in [5, 5.41) is 3.09. The van der Waals surface area contributed by atoms with Crippen molar-refractivity contribution in [2.24, 2.45) is 0 Å². The van der Waals surface area contributed by atoms with Crippen molar-refractivity contribution in [3.05, 3.63) is 18.3 Å². The van der Waals surface area contributed by atoms with E-state index in [0.717, 1.165) is 12.7 Å². The molecule has 1 fully saturated rings. The minimum Gasteiger partial charge on any atom is -0.380 e. The molecule has 6 nitrogen and oxygen atoms in total. The molecule has 0 radical (unpaired) electrons. The molecule has 2 rings (SSSR count). The molecule has 0 aromatic carbocycles. The molecule has 1 atom stereocenters. The molecular weight excluding hydrogens is 288 g/mol. The normalized spacial score (nSPS) is 22.9. The summed E-state index contributed by atoms with van der Waals surface area (Å²) in [4.78, 5) is 3.85. The average molecular weight is 304 g/mol. The second-order valence-electron chi connectivity index (χ2n) is 4.76. The Labute approximate surface area is 113 Å². The van der Waals surface area contributed by atoms with E-state index in [1.807, 2.05) is 0 Å². The lowest BCUT2D eigenvalue weighted by molar-refractivity contribution is 0.562. The average Bonchev–Trinajstić information content (AvgIpc) is 2.27. The number of nitrogens with one attached hydrogen (secondary N) is 1. The molecule has 0 spiro atoms. The van der Waals surface area contributed by atoms with Gasteiger partial charge in [0.1, 0.15) is 0 Å². The van der Waals surface area contributed by atoms with Crippen LogP contribution < -0.4 is 5.32 Å². The lowest BCUT2D eigenvalue weighted by Crippen LogP contribution is -2.34. The Morgan fingerprint density at radius 3 is 2.63 bits per heavy atom. The van der Waals surface area contributed by atoms with E-state index in [0.29, 0.717) is 12.1 Å². The summed E-state index contributed by atoms with van der Waals surface area (Å²) in [6.45, 7) is 0. The van der Waals surface area contributed by atoms with E-state index in [-0.39, 0.29) is 22.6 Å². The van der Waals surface area contributed by atoms with Crippen LogP contribution in [0.15, 0.2) is 23.4 Å². The summed E-state index contributed by atoms with van der Waals surface area (Å²) in [6, 6.07) is 2.88. The van der Waals surface area contributed by atoms with Crippen LogP contribution in [0.2, 0.25) is 0 Å². The van der Waals surface area contributed by atoms with Crippen molar-refractivity contribution in [3.8, 4) is 0 Å². The summed E-state index contributed by atoms with van der Waals surface area (Å²) >= 11 is 0. The first-order chi connectivity index (χ1) is 8.76. The highest BCUT2D eigenvalue weighted by Gasteiger charge is 2.24. The van der Waals surface area contributed by atoms with Crippen LogP contribution in [0.5, 0.6) is 0 Å². The number of nitrogens with zero attached hydrogens (tertiary/aromatic N) is 1. The minimum absolute atomic E-state index is 0.00863. The standard InChI is InChI=1S/C11H16N2O4S2/c1-18(14,15)11-5-4-9(7-12-11)13-10-3-2-6-19(16,17)8-10/h4-5,7,10,13H,2-3,6,8H2,1H3. The second kappa shape index (κ2) is 5.09. The van der Waals surface area contributed by atoms with Gasteiger partial charge in [-0.2, -0.15) is 0 Å². The summed E-state index contributed by atoms with van der Waals surface area (Å²) in [5.41, 5.74) is 0.634. The number of hydrogen-bond acceptors (Lipinski definition) is 6. The molecule has 1 unspecified atom stereocenters. The molecule has 106 valence electrons. The predicted molar refractivity (Wildman–Crippen MR) is 72.6 cm³/mol. The molecule has 0 bridgehead atoms. The number of sulfone groups is 2. The third kappa shape index (κ3) is 3.90. The van der Waals surface area contributed by atoms with E-state index in [1.54, 1.807) is 6.07 Å². The van der Waals surface area contributed by atoms with Gasteiger partial charge in [-0.25, -0.2) is 21.8 Å². The lowest BCUT2D eigenvalue weighted by atomic mass is 10.2. The molecule has 1 N–H and O–H groups in total. The Morgan fingerprint density at radius 1 is 1.37 bits per heavy atom. The van der Waals surface area contributed by atoms with Crippen LogP contribution in [0.25, 0.3) is 0 Å². The van der Waals surface area contributed by atoms with Crippen LogP contribution in [0.3, 0.4) is 0 Å². The van der Waals surface area contributed by atoms with Crippen molar-refractivity contribution in [1.29, 1.82) is 0 Å². The molecule has 1 aliphatic rings. The predicted octanol–water partition coefficient (Wildman–Crippen LogP) is 0.474. The van der Waals surface area contributed by atoms with E-state index in [2.05, 4.69) is 10.3 Å². The summed E-state index contributed by atoms with van der Waals surface area (Å²) < 4.78 is 45.5. The third-order valence-corrected chi connectivity index (χ3v) is 5.77. The maximum atomic E-state index is 11.5. The molecule has 1 aromatic heterocycles. The van der Waals surface area contributed by atoms with Gasteiger partial charge < -0.3 is 5.32 Å². The largest absolute Gasteiger partial charge is 0.380 e. The van der Waals surface area contributed by atoms with E-state index < -0.39 is 19.7 Å². The van der Waals surface area contributed by atoms with E-state index in [1.165, 1.54) is 12.3 Å². The molecular formula is C11H16N2O4S2. The Balaban J connectivity index is 2.08. The molecule has 0 amide bonds. The molecule has 19 heavy (non-hydrogen) atoms. The van der Waals surface area contributed by atoms with Crippen molar-refractivity contribution in [3.63, 3.8) is 0 Å². The van der Waals surface area contributed by atoms with Gasteiger partial charge in [0.05, 0.1) is 23.4 Å². The van der Waals surface area contributed by atoms with E-state index in [9.17, 15) is 16.8 Å². The van der Waals surface area contributed by atoms with Crippen molar-refractivity contribution in [2.75, 3.05) is 23.1 Å². The van der Waals surface area contributed by atoms with Crippen LogP contribution in [0.1, 0.15) is 12.8 Å². The Bertz CT molecular complexity index is 650. The molecule has 1 aromatic rings. The van der Waals surface area contributed by atoms with Gasteiger partial charge in [0.25, 0.3) is 0 Å². The van der Waals surface area contributed by atoms with Crippen LogP contribution in [0, 0.1) is 0 Å². The fraction of sp³-hybridized carbons (Fsp3) is 0.545. The zero-order chi connectivity index (χ0) is 14.1. The van der Waals surface area contributed by atoms with Gasteiger partial charge in [0.2, 0.25) is 0 Å². The monoisotopic (exact) mass is 304 g/mol. The van der Waals surface area contributed by atoms with Crippen molar-refractivity contribution in [2.45, 2.75) is 23.9 Å². The molecule has 2 heterocycles. The van der Waals surface area contributed by atoms with E-state index in [4.69, 9.17) is 0 Å². The van der Waals surface area contributed by atoms with Gasteiger partial charge >= 0.3 is 0 Å². The van der Waals surface area contributed by atoms with Gasteiger partial charge in [0.15, 0.2) is 24.7 Å². The summed E-state index contributed by atoms with van der Waals surface area (Å²) in [7, 11) is -6.27. The van der Waals surface area contributed by atoms with E-state index >= 15 is 0 Å². The topological polar surface area (TPSA) is 93.2 Å². The SMILES string of the molecule is CS(=O)(=O)c1ccc(NC2CCCS(=O)(=O)C2)cn1. The number of pyridine rings is 1. The van der Waals surface area contributed by atoms with Gasteiger partial charge in [-0.3, -0.25) is 0 Å². The first-order valence-electron chi connectivity index (χ1n) is 5.89. The summed E-state index contributed by atoms with van der Waals surface area (Å²) in [6.07, 6.45) is 3.94. The highest BCUT2D eigenvalue weighted by Crippen LogP contribution is 2.17. The third-order valence-electron chi connectivity index (χ3n) is 2.95. The van der Waals surface area contributed by atoms with Crippen molar-refractivity contribution >= 4 is 25.4 Å². The fourth-order valence-electron chi connectivity index (χ4n) is 2.06. The first-order valence-corrected chi connectivity index (χ1v) is 9.61. The number of hydrogen-bond donors (Lipinski definition) is 1. The number of aromatic nitrogens is 1. The minimum atomic E-state index is -3.31. The van der Waals surface area contributed by atoms with Gasteiger partial charge in [-0.1, -0.05) is 0 Å². The highest BCUT2D eigenvalue weighted by molar-refractivity contribution is 7.91. The Hall–Kier alpha value is -1.15. The molecule has 8 heteroatoms. The van der Waals surface area contributed by atoms with Crippen LogP contribution in [-0.2, 0) is 19.7 Å². The Kier molecular flexibility index (Phi) is 3.82. The van der Waals surface area contributed by atoms with Crippen molar-refractivity contribution < 1.29 is 16.8 Å². The molecule has 0 aliphatic carbocycles. The molecule has 1 saturated heterocycles. The van der Waals surface area contributed by atoms with Gasteiger partial charge in [0, 0.05) is 12.3 Å². The van der Waals surface area contributed by atoms with Gasteiger partial charge in [-0.15, -0.1) is 0 Å². The maximum absolute atomic E-state index is 11.5.